The number of hydrogen-bond donors (Lipinski definition) is 1. The maximum absolute atomic E-state index is 13.2. The van der Waals surface area contributed by atoms with Crippen LogP contribution in [0.5, 0.6) is 0 Å². The Labute approximate surface area is 113 Å². The topological polar surface area (TPSA) is 23.5 Å². The summed E-state index contributed by atoms with van der Waals surface area (Å²) in [6.07, 6.45) is 1.03. The van der Waals surface area contributed by atoms with E-state index in [0.717, 1.165) is 25.7 Å². The van der Waals surface area contributed by atoms with E-state index < -0.39 is 17.2 Å². The van der Waals surface area contributed by atoms with Crippen molar-refractivity contribution in [3.05, 3.63) is 35.4 Å². The van der Waals surface area contributed by atoms with E-state index in [2.05, 4.69) is 18.7 Å². The molecule has 1 heterocycles. The molecular weight excluding hydrogens is 248 g/mol. The van der Waals surface area contributed by atoms with Gasteiger partial charge in [0.05, 0.1) is 5.60 Å². The smallest absolute Gasteiger partial charge is 0.126 e. The minimum Gasteiger partial charge on any atom is -0.385 e. The highest BCUT2D eigenvalue weighted by atomic mass is 19.1. The second-order valence-electron chi connectivity index (χ2n) is 5.88. The Bertz CT molecular complexity index is 420. The summed E-state index contributed by atoms with van der Waals surface area (Å²) in [5, 5.41) is 10.6. The van der Waals surface area contributed by atoms with E-state index >= 15 is 0 Å². The summed E-state index contributed by atoms with van der Waals surface area (Å²) in [6, 6.07) is 3.31. The fourth-order valence-corrected chi connectivity index (χ4v) is 2.73. The van der Waals surface area contributed by atoms with Gasteiger partial charge in [0.25, 0.3) is 0 Å². The zero-order valence-electron chi connectivity index (χ0n) is 11.5. The van der Waals surface area contributed by atoms with Crippen LogP contribution in [0.25, 0.3) is 0 Å². The van der Waals surface area contributed by atoms with Crippen LogP contribution in [0.1, 0.15) is 32.3 Å². The molecule has 1 fully saturated rings. The molecule has 2 nitrogen and oxygen atoms in total. The largest absolute Gasteiger partial charge is 0.385 e. The average molecular weight is 269 g/mol. The van der Waals surface area contributed by atoms with Crippen molar-refractivity contribution in [2.45, 2.75) is 32.3 Å². The van der Waals surface area contributed by atoms with Gasteiger partial charge in [0.1, 0.15) is 11.6 Å². The van der Waals surface area contributed by atoms with Crippen LogP contribution < -0.4 is 0 Å². The highest BCUT2D eigenvalue weighted by Crippen LogP contribution is 2.33. The van der Waals surface area contributed by atoms with Crippen LogP contribution in [0.15, 0.2) is 18.2 Å². The van der Waals surface area contributed by atoms with Gasteiger partial charge in [-0.3, -0.25) is 0 Å². The van der Waals surface area contributed by atoms with Crippen molar-refractivity contribution >= 4 is 0 Å². The molecule has 0 aromatic heterocycles. The van der Waals surface area contributed by atoms with Crippen LogP contribution in [-0.2, 0) is 5.60 Å². The number of likely N-dealkylation sites (tertiary alicyclic amines) is 1. The first-order valence-corrected chi connectivity index (χ1v) is 6.80. The predicted molar refractivity (Wildman–Crippen MR) is 70.8 cm³/mol. The van der Waals surface area contributed by atoms with Gasteiger partial charge in [-0.05, 0) is 36.5 Å². The van der Waals surface area contributed by atoms with Crippen molar-refractivity contribution < 1.29 is 13.9 Å². The first kappa shape index (κ1) is 14.4. The normalized spacial score (nSPS) is 19.9. The molecule has 0 aliphatic carbocycles. The maximum Gasteiger partial charge on any atom is 0.126 e. The van der Waals surface area contributed by atoms with E-state index in [0.29, 0.717) is 24.3 Å². The number of piperidine rings is 1. The second-order valence-corrected chi connectivity index (χ2v) is 5.88. The fourth-order valence-electron chi connectivity index (χ4n) is 2.73. The molecule has 1 aliphatic heterocycles. The van der Waals surface area contributed by atoms with Crippen molar-refractivity contribution in [3.8, 4) is 0 Å². The molecule has 0 unspecified atom stereocenters. The first-order chi connectivity index (χ1) is 8.89. The van der Waals surface area contributed by atoms with Gasteiger partial charge >= 0.3 is 0 Å². The lowest BCUT2D eigenvalue weighted by molar-refractivity contribution is -0.0283. The molecular formula is C15H21F2NO. The average Bonchev–Trinajstić information content (AvgIpc) is 2.30. The number of nitrogens with zero attached hydrogens (tertiary/aromatic N) is 1. The van der Waals surface area contributed by atoms with E-state index in [4.69, 9.17) is 0 Å². The molecule has 0 saturated carbocycles. The van der Waals surface area contributed by atoms with Gasteiger partial charge in [0.15, 0.2) is 0 Å². The van der Waals surface area contributed by atoms with Crippen molar-refractivity contribution in [2.75, 3.05) is 19.6 Å². The minimum atomic E-state index is -1.10. The van der Waals surface area contributed by atoms with E-state index in [1.807, 2.05) is 0 Å². The molecule has 19 heavy (non-hydrogen) atoms. The van der Waals surface area contributed by atoms with Crippen molar-refractivity contribution in [2.24, 2.45) is 5.92 Å². The first-order valence-electron chi connectivity index (χ1n) is 6.80. The predicted octanol–water partition coefficient (Wildman–Crippen LogP) is 2.90. The Morgan fingerprint density at radius 2 is 1.68 bits per heavy atom. The molecule has 1 saturated heterocycles. The molecule has 0 radical (unpaired) electrons. The van der Waals surface area contributed by atoms with Gasteiger partial charge in [-0.1, -0.05) is 13.8 Å². The number of halogens is 2. The Morgan fingerprint density at radius 3 is 2.16 bits per heavy atom. The van der Waals surface area contributed by atoms with E-state index in [-0.39, 0.29) is 0 Å². The third kappa shape index (κ3) is 3.51. The van der Waals surface area contributed by atoms with Gasteiger partial charge in [-0.25, -0.2) is 8.78 Å². The summed E-state index contributed by atoms with van der Waals surface area (Å²) in [7, 11) is 0. The lowest BCUT2D eigenvalue weighted by Crippen LogP contribution is -2.43. The van der Waals surface area contributed by atoms with E-state index in [1.165, 1.54) is 12.1 Å². The van der Waals surface area contributed by atoms with Crippen molar-refractivity contribution in [1.82, 2.24) is 4.90 Å². The van der Waals surface area contributed by atoms with E-state index in [9.17, 15) is 13.9 Å². The number of benzene rings is 1. The van der Waals surface area contributed by atoms with Gasteiger partial charge in [-0.2, -0.15) is 0 Å². The summed E-state index contributed by atoms with van der Waals surface area (Å²) in [5.41, 5.74) is -0.745. The molecule has 0 amide bonds. The quantitative estimate of drug-likeness (QED) is 0.912. The van der Waals surface area contributed by atoms with Crippen LogP contribution in [0.2, 0.25) is 0 Å². The fraction of sp³-hybridized carbons (Fsp3) is 0.600. The Morgan fingerprint density at radius 1 is 1.16 bits per heavy atom. The maximum atomic E-state index is 13.2. The third-order valence-electron chi connectivity index (χ3n) is 3.71. The van der Waals surface area contributed by atoms with Gasteiger partial charge < -0.3 is 10.0 Å². The molecule has 1 N–H and O–H groups in total. The summed E-state index contributed by atoms with van der Waals surface area (Å²) < 4.78 is 26.5. The Kier molecular flexibility index (Phi) is 4.21. The molecule has 2 rings (SSSR count). The molecule has 1 aromatic carbocycles. The molecule has 1 aromatic rings. The third-order valence-corrected chi connectivity index (χ3v) is 3.71. The summed E-state index contributed by atoms with van der Waals surface area (Å²) in [5.74, 6) is -0.682. The highest BCUT2D eigenvalue weighted by Gasteiger charge is 2.34. The molecule has 1 aliphatic rings. The molecule has 106 valence electrons. The highest BCUT2D eigenvalue weighted by molar-refractivity contribution is 5.25. The lowest BCUT2D eigenvalue weighted by Gasteiger charge is -2.39. The van der Waals surface area contributed by atoms with Crippen molar-refractivity contribution in [1.29, 1.82) is 0 Å². The zero-order valence-corrected chi connectivity index (χ0v) is 11.5. The van der Waals surface area contributed by atoms with Crippen molar-refractivity contribution in [3.63, 3.8) is 0 Å². The zero-order chi connectivity index (χ0) is 14.0. The Balaban J connectivity index is 2.09. The monoisotopic (exact) mass is 269 g/mol. The lowest BCUT2D eigenvalue weighted by atomic mass is 9.84. The van der Waals surface area contributed by atoms with Gasteiger partial charge in [-0.15, -0.1) is 0 Å². The van der Waals surface area contributed by atoms with Gasteiger partial charge in [0.2, 0.25) is 0 Å². The second kappa shape index (κ2) is 5.55. The SMILES string of the molecule is CC(C)CN1CCC(O)(c2cc(F)cc(F)c2)CC1. The van der Waals surface area contributed by atoms with Crippen LogP contribution in [0.4, 0.5) is 8.78 Å². The number of aliphatic hydroxyl groups is 1. The number of hydrogen-bond acceptors (Lipinski definition) is 2. The Hall–Kier alpha value is -1.00. The van der Waals surface area contributed by atoms with Crippen LogP contribution in [-0.4, -0.2) is 29.6 Å². The minimum absolute atomic E-state index is 0.356. The van der Waals surface area contributed by atoms with Crippen LogP contribution >= 0.6 is 0 Å². The molecule has 0 spiro atoms. The van der Waals surface area contributed by atoms with E-state index in [1.54, 1.807) is 0 Å². The molecule has 0 atom stereocenters. The molecule has 0 bridgehead atoms. The summed E-state index contributed by atoms with van der Waals surface area (Å²) in [4.78, 5) is 2.29. The van der Waals surface area contributed by atoms with Crippen LogP contribution in [0.3, 0.4) is 0 Å². The molecule has 4 heteroatoms. The standard InChI is InChI=1S/C15H21F2NO/c1-11(2)10-18-5-3-15(19,4-6-18)12-7-13(16)9-14(17)8-12/h7-9,11,19H,3-6,10H2,1-2H3. The van der Waals surface area contributed by atoms with Gasteiger partial charge in [0, 0.05) is 25.7 Å². The summed E-state index contributed by atoms with van der Waals surface area (Å²) >= 11 is 0. The van der Waals surface area contributed by atoms with Crippen LogP contribution in [0, 0.1) is 17.6 Å². The number of rotatable bonds is 3. The summed E-state index contributed by atoms with van der Waals surface area (Å²) in [6.45, 7) is 6.82.